The molecule has 1 unspecified atom stereocenters. The molecule has 0 radical (unpaired) electrons. The molecule has 1 N–H and O–H groups in total. The lowest BCUT2D eigenvalue weighted by Crippen LogP contribution is -2.18. The molecule has 1 aromatic carbocycles. The van der Waals surface area contributed by atoms with Gasteiger partial charge in [-0.2, -0.15) is 0 Å². The van der Waals surface area contributed by atoms with Crippen molar-refractivity contribution in [2.75, 3.05) is 0 Å². The van der Waals surface area contributed by atoms with E-state index in [1.165, 1.54) is 6.07 Å². The fourth-order valence-corrected chi connectivity index (χ4v) is 2.40. The van der Waals surface area contributed by atoms with Crippen LogP contribution < -0.4 is 5.32 Å². The van der Waals surface area contributed by atoms with Crippen molar-refractivity contribution in [1.29, 1.82) is 0 Å². The molecular weight excluding hydrogens is 254 g/mol. The number of rotatable bonds is 4. The normalized spacial score (nSPS) is 12.7. The first-order valence-corrected chi connectivity index (χ1v) is 6.47. The van der Waals surface area contributed by atoms with Gasteiger partial charge in [-0.25, -0.2) is 13.8 Å². The molecule has 2 rings (SSSR count). The highest BCUT2D eigenvalue weighted by Crippen LogP contribution is 2.19. The zero-order valence-corrected chi connectivity index (χ0v) is 11.0. The van der Waals surface area contributed by atoms with Gasteiger partial charge in [-0.3, -0.25) is 0 Å². The first-order valence-electron chi connectivity index (χ1n) is 5.66. The fraction of sp³-hybridized carbons (Fsp3) is 0.308. The van der Waals surface area contributed by atoms with Crippen molar-refractivity contribution in [3.05, 3.63) is 51.5 Å². The minimum atomic E-state index is -0.425. The molecule has 0 fully saturated rings. The molecule has 0 spiro atoms. The number of benzene rings is 1. The lowest BCUT2D eigenvalue weighted by molar-refractivity contribution is 0.534. The molecule has 18 heavy (non-hydrogen) atoms. The highest BCUT2D eigenvalue weighted by atomic mass is 32.1. The number of nitrogens with zero attached hydrogens (tertiary/aromatic N) is 1. The minimum Gasteiger partial charge on any atom is -0.304 e. The van der Waals surface area contributed by atoms with Crippen LogP contribution in [0.5, 0.6) is 0 Å². The Morgan fingerprint density at radius 3 is 2.83 bits per heavy atom. The number of thiazole rings is 1. The van der Waals surface area contributed by atoms with Gasteiger partial charge in [0.25, 0.3) is 0 Å². The quantitative estimate of drug-likeness (QED) is 0.916. The number of hydrogen-bond donors (Lipinski definition) is 1. The Kier molecular flexibility index (Phi) is 4.04. The minimum absolute atomic E-state index is 0.0198. The van der Waals surface area contributed by atoms with Gasteiger partial charge in [0.05, 0.1) is 6.04 Å². The van der Waals surface area contributed by atoms with Crippen molar-refractivity contribution in [2.24, 2.45) is 0 Å². The molecule has 0 aliphatic rings. The van der Waals surface area contributed by atoms with Crippen molar-refractivity contribution >= 4 is 11.3 Å². The number of aromatic nitrogens is 1. The van der Waals surface area contributed by atoms with E-state index in [9.17, 15) is 8.78 Å². The van der Waals surface area contributed by atoms with Crippen LogP contribution in [0.15, 0.2) is 24.4 Å². The zero-order chi connectivity index (χ0) is 13.1. The third kappa shape index (κ3) is 3.11. The van der Waals surface area contributed by atoms with E-state index in [0.717, 1.165) is 22.0 Å². The van der Waals surface area contributed by atoms with E-state index in [4.69, 9.17) is 0 Å². The third-order valence-corrected chi connectivity index (χ3v) is 3.71. The summed E-state index contributed by atoms with van der Waals surface area (Å²) < 4.78 is 26.4. The number of aryl methyl sites for hydroxylation is 1. The molecule has 0 saturated carbocycles. The molecule has 96 valence electrons. The van der Waals surface area contributed by atoms with E-state index in [2.05, 4.69) is 10.3 Å². The van der Waals surface area contributed by atoms with Crippen LogP contribution in [-0.4, -0.2) is 4.98 Å². The average molecular weight is 268 g/mol. The summed E-state index contributed by atoms with van der Waals surface area (Å²) in [7, 11) is 0. The summed E-state index contributed by atoms with van der Waals surface area (Å²) in [5, 5.41) is 4.09. The van der Waals surface area contributed by atoms with Crippen molar-refractivity contribution in [3.8, 4) is 0 Å². The van der Waals surface area contributed by atoms with Gasteiger partial charge in [0.1, 0.15) is 16.6 Å². The van der Waals surface area contributed by atoms with Gasteiger partial charge in [0.15, 0.2) is 0 Å². The second-order valence-electron chi connectivity index (χ2n) is 4.15. The summed E-state index contributed by atoms with van der Waals surface area (Å²) in [5.41, 5.74) is 0.329. The monoisotopic (exact) mass is 268 g/mol. The smallest absolute Gasteiger partial charge is 0.127 e. The molecule has 0 amide bonds. The van der Waals surface area contributed by atoms with Gasteiger partial charge >= 0.3 is 0 Å². The Hall–Kier alpha value is -1.33. The molecule has 0 saturated heterocycles. The summed E-state index contributed by atoms with van der Waals surface area (Å²) >= 11 is 1.60. The maximum absolute atomic E-state index is 13.4. The summed E-state index contributed by atoms with van der Waals surface area (Å²) in [6.45, 7) is 4.22. The van der Waals surface area contributed by atoms with E-state index in [-0.39, 0.29) is 12.6 Å². The van der Waals surface area contributed by atoms with Crippen molar-refractivity contribution < 1.29 is 8.78 Å². The number of nitrogens with one attached hydrogen (secondary N) is 1. The molecule has 5 heteroatoms. The first kappa shape index (κ1) is 13.1. The van der Waals surface area contributed by atoms with Gasteiger partial charge in [-0.1, -0.05) is 0 Å². The van der Waals surface area contributed by atoms with Crippen LogP contribution in [0.25, 0.3) is 0 Å². The van der Waals surface area contributed by atoms with Crippen molar-refractivity contribution in [1.82, 2.24) is 10.3 Å². The third-order valence-electron chi connectivity index (χ3n) is 2.62. The van der Waals surface area contributed by atoms with Gasteiger partial charge < -0.3 is 5.32 Å². The Bertz CT molecular complexity index is 540. The predicted molar refractivity (Wildman–Crippen MR) is 68.5 cm³/mol. The van der Waals surface area contributed by atoms with Crippen LogP contribution >= 0.6 is 11.3 Å². The van der Waals surface area contributed by atoms with Crippen molar-refractivity contribution in [2.45, 2.75) is 26.4 Å². The second kappa shape index (κ2) is 5.54. The van der Waals surface area contributed by atoms with Crippen LogP contribution in [0.4, 0.5) is 8.78 Å². The molecule has 0 aliphatic carbocycles. The van der Waals surface area contributed by atoms with E-state index < -0.39 is 11.6 Å². The highest BCUT2D eigenvalue weighted by Gasteiger charge is 2.10. The summed E-state index contributed by atoms with van der Waals surface area (Å²) in [5.74, 6) is -0.822. The van der Waals surface area contributed by atoms with E-state index >= 15 is 0 Å². The first-order chi connectivity index (χ1) is 8.56. The Labute approximate surface area is 109 Å². The molecular formula is C13H14F2N2S. The predicted octanol–water partition coefficient (Wildman–Crippen LogP) is 3.58. The molecule has 0 aliphatic heterocycles. The topological polar surface area (TPSA) is 24.9 Å². The molecule has 0 bridgehead atoms. The van der Waals surface area contributed by atoms with Crippen LogP contribution in [0.3, 0.4) is 0 Å². The van der Waals surface area contributed by atoms with Gasteiger partial charge in [0.2, 0.25) is 0 Å². The summed E-state index contributed by atoms with van der Waals surface area (Å²) in [6.07, 6.45) is 1.81. The molecule has 2 aromatic rings. The van der Waals surface area contributed by atoms with E-state index in [0.29, 0.717) is 5.56 Å². The molecule has 1 atom stereocenters. The summed E-state index contributed by atoms with van der Waals surface area (Å²) in [4.78, 5) is 5.39. The van der Waals surface area contributed by atoms with Crippen LogP contribution in [-0.2, 0) is 6.54 Å². The van der Waals surface area contributed by atoms with Crippen molar-refractivity contribution in [3.63, 3.8) is 0 Å². The zero-order valence-electron chi connectivity index (χ0n) is 10.2. The number of halogens is 2. The van der Waals surface area contributed by atoms with Gasteiger partial charge in [-0.05, 0) is 32.0 Å². The van der Waals surface area contributed by atoms with E-state index in [1.807, 2.05) is 13.8 Å². The maximum Gasteiger partial charge on any atom is 0.127 e. The molecule has 1 heterocycles. The van der Waals surface area contributed by atoms with Gasteiger partial charge in [0, 0.05) is 23.2 Å². The highest BCUT2D eigenvalue weighted by molar-refractivity contribution is 7.11. The molecule has 1 aromatic heterocycles. The van der Waals surface area contributed by atoms with E-state index in [1.54, 1.807) is 17.5 Å². The second-order valence-corrected chi connectivity index (χ2v) is 5.41. The Morgan fingerprint density at radius 2 is 2.17 bits per heavy atom. The maximum atomic E-state index is 13.4. The number of hydrogen-bond acceptors (Lipinski definition) is 3. The Morgan fingerprint density at radius 1 is 1.39 bits per heavy atom. The lowest BCUT2D eigenvalue weighted by atomic mass is 10.2. The average Bonchev–Trinajstić information content (AvgIpc) is 2.77. The van der Waals surface area contributed by atoms with Crippen LogP contribution in [0.2, 0.25) is 0 Å². The summed E-state index contributed by atoms with van der Waals surface area (Å²) in [6, 6.07) is 3.49. The van der Waals surface area contributed by atoms with Crippen LogP contribution in [0.1, 0.15) is 28.4 Å². The van der Waals surface area contributed by atoms with Gasteiger partial charge in [-0.15, -0.1) is 11.3 Å². The largest absolute Gasteiger partial charge is 0.304 e. The molecule has 2 nitrogen and oxygen atoms in total. The van der Waals surface area contributed by atoms with Crippen LogP contribution in [0, 0.1) is 18.6 Å². The standard InChI is InChI=1S/C13H14F2N2S/c1-8-6-17-13(18-8)9(2)16-7-10-5-11(14)3-4-12(10)15/h3-6,9,16H,7H2,1-2H3. The fourth-order valence-electron chi connectivity index (χ4n) is 1.60. The Balaban J connectivity index is 2.01. The lowest BCUT2D eigenvalue weighted by Gasteiger charge is -2.11. The SMILES string of the molecule is Cc1cnc(C(C)NCc2cc(F)ccc2F)s1.